The number of rotatable bonds is 14. The highest BCUT2D eigenvalue weighted by Crippen LogP contribution is 2.46. The second-order valence-electron chi connectivity index (χ2n) is 12.9. The molecular formula is C40H38N2O8. The molecule has 0 aromatic heterocycles. The lowest BCUT2D eigenvalue weighted by atomic mass is 9.82. The Morgan fingerprint density at radius 1 is 0.460 bits per heavy atom. The van der Waals surface area contributed by atoms with Gasteiger partial charge in [0.1, 0.15) is 0 Å². The highest BCUT2D eigenvalue weighted by molar-refractivity contribution is 6.41. The Morgan fingerprint density at radius 3 is 1.08 bits per heavy atom. The molecule has 0 unspecified atom stereocenters. The van der Waals surface area contributed by atoms with E-state index < -0.39 is 0 Å². The third-order valence-corrected chi connectivity index (χ3v) is 9.94. The molecule has 0 radical (unpaired) electrons. The fourth-order valence-corrected chi connectivity index (χ4v) is 7.67. The van der Waals surface area contributed by atoms with E-state index in [9.17, 15) is 28.8 Å². The Balaban J connectivity index is 1.20. The number of carbonyl (C=O) groups is 6. The zero-order chi connectivity index (χ0) is 35.1. The van der Waals surface area contributed by atoms with E-state index in [-0.39, 0.29) is 48.7 Å². The van der Waals surface area contributed by atoms with E-state index in [0.29, 0.717) is 97.6 Å². The molecule has 2 aliphatic heterocycles. The van der Waals surface area contributed by atoms with Gasteiger partial charge in [-0.3, -0.25) is 38.6 Å². The Labute approximate surface area is 288 Å². The lowest BCUT2D eigenvalue weighted by Gasteiger charge is -2.30. The average molecular weight is 675 g/mol. The summed E-state index contributed by atoms with van der Waals surface area (Å²) in [6.07, 6.45) is 4.38. The van der Waals surface area contributed by atoms with E-state index in [1.54, 1.807) is 38.1 Å². The van der Waals surface area contributed by atoms with Gasteiger partial charge in [0.25, 0.3) is 23.6 Å². The molecule has 5 aromatic carbocycles. The molecule has 0 atom stereocenters. The molecule has 50 heavy (non-hydrogen) atoms. The van der Waals surface area contributed by atoms with Crippen LogP contribution < -0.4 is 0 Å². The highest BCUT2D eigenvalue weighted by atomic mass is 16.5. The minimum Gasteiger partial charge on any atom is -0.466 e. The van der Waals surface area contributed by atoms with Crippen LogP contribution in [0, 0.1) is 0 Å². The van der Waals surface area contributed by atoms with E-state index in [1.807, 2.05) is 24.3 Å². The van der Waals surface area contributed by atoms with Crippen molar-refractivity contribution < 1.29 is 38.2 Å². The molecule has 0 N–H and O–H groups in total. The monoisotopic (exact) mass is 674 g/mol. The number of ether oxygens (including phenoxy) is 2. The Hall–Kier alpha value is -5.38. The van der Waals surface area contributed by atoms with Crippen LogP contribution in [0.1, 0.15) is 107 Å². The maximum atomic E-state index is 13.8. The van der Waals surface area contributed by atoms with Crippen LogP contribution >= 0.6 is 0 Å². The number of amides is 4. The molecular weight excluding hydrogens is 636 g/mol. The topological polar surface area (TPSA) is 127 Å². The summed E-state index contributed by atoms with van der Waals surface area (Å²) in [5, 5.41) is 6.22. The van der Waals surface area contributed by atoms with Crippen LogP contribution in [0.15, 0.2) is 48.5 Å². The van der Waals surface area contributed by atoms with Gasteiger partial charge in [0.2, 0.25) is 0 Å². The van der Waals surface area contributed by atoms with Gasteiger partial charge in [-0.1, -0.05) is 37.1 Å². The largest absolute Gasteiger partial charge is 0.466 e. The maximum absolute atomic E-state index is 13.8. The quantitative estimate of drug-likeness (QED) is 0.0399. The minimum atomic E-state index is -0.343. The van der Waals surface area contributed by atoms with Gasteiger partial charge >= 0.3 is 11.9 Å². The summed E-state index contributed by atoms with van der Waals surface area (Å²) in [6.45, 7) is 4.73. The van der Waals surface area contributed by atoms with Crippen molar-refractivity contribution >= 4 is 78.7 Å². The van der Waals surface area contributed by atoms with Crippen molar-refractivity contribution in [2.24, 2.45) is 0 Å². The number of nitrogens with zero attached hydrogens (tertiary/aromatic N) is 2. The van der Waals surface area contributed by atoms with E-state index in [4.69, 9.17) is 9.47 Å². The molecule has 5 aromatic rings. The smallest absolute Gasteiger partial charge is 0.305 e. The molecule has 0 spiro atoms. The molecule has 0 aliphatic carbocycles. The normalized spacial score (nSPS) is 14.2. The van der Waals surface area contributed by atoms with Crippen LogP contribution in [0.4, 0.5) is 0 Å². The number of fused-ring (bicyclic) bond motifs is 2. The fraction of sp³-hybridized carbons (Fsp3) is 0.350. The van der Waals surface area contributed by atoms with Crippen LogP contribution in [0.25, 0.3) is 43.1 Å². The van der Waals surface area contributed by atoms with Crippen molar-refractivity contribution in [3.05, 3.63) is 70.8 Å². The van der Waals surface area contributed by atoms with Gasteiger partial charge in [-0.2, -0.15) is 0 Å². The first kappa shape index (κ1) is 33.1. The van der Waals surface area contributed by atoms with E-state index in [0.717, 1.165) is 32.3 Å². The molecule has 10 nitrogen and oxygen atoms in total. The highest BCUT2D eigenvalue weighted by Gasteiger charge is 2.36. The number of esters is 2. The van der Waals surface area contributed by atoms with Crippen LogP contribution in [0.2, 0.25) is 0 Å². The molecule has 2 aliphatic rings. The van der Waals surface area contributed by atoms with Crippen LogP contribution in [0.5, 0.6) is 0 Å². The lowest BCUT2D eigenvalue weighted by Crippen LogP contribution is -2.41. The third-order valence-electron chi connectivity index (χ3n) is 9.94. The van der Waals surface area contributed by atoms with E-state index in [2.05, 4.69) is 0 Å². The molecule has 256 valence electrons. The molecule has 0 saturated heterocycles. The average Bonchev–Trinajstić information content (AvgIpc) is 3.11. The predicted molar refractivity (Wildman–Crippen MR) is 189 cm³/mol. The van der Waals surface area contributed by atoms with Gasteiger partial charge in [-0.25, -0.2) is 0 Å². The van der Waals surface area contributed by atoms with Gasteiger partial charge in [-0.15, -0.1) is 0 Å². The molecule has 10 heteroatoms. The zero-order valence-corrected chi connectivity index (χ0v) is 28.3. The number of unbranched alkanes of at least 4 members (excludes halogenated alkanes) is 4. The van der Waals surface area contributed by atoms with Gasteiger partial charge < -0.3 is 9.47 Å². The summed E-state index contributed by atoms with van der Waals surface area (Å²) in [7, 11) is 0. The second kappa shape index (κ2) is 13.5. The van der Waals surface area contributed by atoms with Crippen LogP contribution in [0.3, 0.4) is 0 Å². The predicted octanol–water partition coefficient (Wildman–Crippen LogP) is 7.18. The molecule has 0 saturated carbocycles. The van der Waals surface area contributed by atoms with E-state index in [1.165, 1.54) is 9.80 Å². The second-order valence-corrected chi connectivity index (χ2v) is 12.9. The first-order chi connectivity index (χ1) is 24.3. The molecule has 0 bridgehead atoms. The number of benzene rings is 5. The first-order valence-corrected chi connectivity index (χ1v) is 17.5. The zero-order valence-electron chi connectivity index (χ0n) is 28.3. The third kappa shape index (κ3) is 5.43. The van der Waals surface area contributed by atoms with Gasteiger partial charge in [0, 0.05) is 59.0 Å². The van der Waals surface area contributed by atoms with Crippen molar-refractivity contribution in [3.63, 3.8) is 0 Å². The summed E-state index contributed by atoms with van der Waals surface area (Å²) < 4.78 is 9.96. The molecule has 4 amide bonds. The van der Waals surface area contributed by atoms with Gasteiger partial charge in [0.15, 0.2) is 0 Å². The summed E-state index contributed by atoms with van der Waals surface area (Å²) in [5.41, 5.74) is 1.85. The summed E-state index contributed by atoms with van der Waals surface area (Å²) in [5.74, 6) is -1.86. The van der Waals surface area contributed by atoms with Crippen molar-refractivity contribution in [3.8, 4) is 0 Å². The summed E-state index contributed by atoms with van der Waals surface area (Å²) in [6, 6.07) is 14.7. The van der Waals surface area contributed by atoms with Gasteiger partial charge in [0.05, 0.1) is 13.2 Å². The standard InChI is InChI=1S/C40H38N2O8/c1-3-49-31(43)11-7-5-9-21-41-37(45)27-17-13-23-25-15-19-29-36-30(40(48)42(39(29)47)22-10-6-8-12-32(44)50-4-2)20-16-26(34(25)36)24-14-18-28(38(41)46)35(27)33(23)24/h13-20H,3-12,21-22H2,1-2H3. The molecule has 7 rings (SSSR count). The van der Waals surface area contributed by atoms with Crippen molar-refractivity contribution in [2.45, 2.75) is 65.2 Å². The minimum absolute atomic E-state index is 0.246. The Kier molecular flexibility index (Phi) is 8.94. The molecule has 0 fully saturated rings. The Morgan fingerprint density at radius 2 is 0.780 bits per heavy atom. The van der Waals surface area contributed by atoms with Gasteiger partial charge in [-0.05, 0) is 96.1 Å². The summed E-state index contributed by atoms with van der Waals surface area (Å²) in [4.78, 5) is 81.0. The fourth-order valence-electron chi connectivity index (χ4n) is 7.67. The van der Waals surface area contributed by atoms with Crippen molar-refractivity contribution in [1.29, 1.82) is 0 Å². The first-order valence-electron chi connectivity index (χ1n) is 17.5. The van der Waals surface area contributed by atoms with Crippen LogP contribution in [-0.2, 0) is 19.1 Å². The summed E-state index contributed by atoms with van der Waals surface area (Å²) >= 11 is 0. The Bertz CT molecular complexity index is 1960. The number of imide groups is 2. The number of hydrogen-bond acceptors (Lipinski definition) is 8. The number of carbonyl (C=O) groups excluding carboxylic acids is 6. The molecule has 2 heterocycles. The van der Waals surface area contributed by atoms with Crippen molar-refractivity contribution in [1.82, 2.24) is 9.80 Å². The maximum Gasteiger partial charge on any atom is 0.305 e. The van der Waals surface area contributed by atoms with Crippen LogP contribution in [-0.4, -0.2) is 71.7 Å². The number of hydrogen-bond donors (Lipinski definition) is 0. The van der Waals surface area contributed by atoms with E-state index >= 15 is 0 Å². The SMILES string of the molecule is CCOC(=O)CCCCCN1C(=O)c2ccc3c4ccc5c6c(ccc(c7ccc(c2c37)C1=O)c64)C(=O)N(CCCCCC(=O)OCC)C5=O. The van der Waals surface area contributed by atoms with Crippen molar-refractivity contribution in [2.75, 3.05) is 26.3 Å². The lowest BCUT2D eigenvalue weighted by molar-refractivity contribution is -0.144.